The Hall–Kier alpha value is -2.80. The summed E-state index contributed by atoms with van der Waals surface area (Å²) < 4.78 is 0. The normalized spacial score (nSPS) is 11.0. The molecule has 0 aliphatic heterocycles. The van der Waals surface area contributed by atoms with E-state index >= 15 is 0 Å². The van der Waals surface area contributed by atoms with E-state index < -0.39 is 4.92 Å². The molecule has 0 fully saturated rings. The molecule has 7 heteroatoms. The number of nitro groups is 1. The van der Waals surface area contributed by atoms with Gasteiger partial charge in [0.1, 0.15) is 4.83 Å². The van der Waals surface area contributed by atoms with Gasteiger partial charge in [-0.15, -0.1) is 11.3 Å². The fourth-order valence-electron chi connectivity index (χ4n) is 2.59. The molecule has 0 atom stereocenters. The Morgan fingerprint density at radius 3 is 2.33 bits per heavy atom. The highest BCUT2D eigenvalue weighted by Crippen LogP contribution is 2.34. The zero-order valence-corrected chi connectivity index (χ0v) is 14.2. The van der Waals surface area contributed by atoms with Gasteiger partial charge in [0, 0.05) is 17.8 Å². The standard InChI is InChI=1S/C17H15N3O3S/c1-8-9(2)13-15(21)14(18)16(24-17(13)19-10(8)3)11-4-6-12(7-5-11)20(22)23/h4-7H,18H2,1-3H3. The minimum absolute atomic E-state index is 0.00843. The van der Waals surface area contributed by atoms with Gasteiger partial charge in [0.15, 0.2) is 0 Å². The van der Waals surface area contributed by atoms with Crippen LogP contribution in [0, 0.1) is 30.9 Å². The molecular weight excluding hydrogens is 326 g/mol. The van der Waals surface area contributed by atoms with Gasteiger partial charge in [-0.3, -0.25) is 14.9 Å². The Morgan fingerprint density at radius 1 is 1.12 bits per heavy atom. The van der Waals surface area contributed by atoms with Crippen molar-refractivity contribution >= 4 is 32.9 Å². The number of hydrogen-bond acceptors (Lipinski definition) is 6. The summed E-state index contributed by atoms with van der Waals surface area (Å²) in [5, 5.41) is 11.3. The van der Waals surface area contributed by atoms with Gasteiger partial charge in [0.05, 0.1) is 20.9 Å². The first-order valence-corrected chi connectivity index (χ1v) is 8.07. The van der Waals surface area contributed by atoms with Crippen molar-refractivity contribution < 1.29 is 4.92 Å². The van der Waals surface area contributed by atoms with Gasteiger partial charge in [-0.05, 0) is 49.6 Å². The molecule has 0 bridgehead atoms. The van der Waals surface area contributed by atoms with Crippen molar-refractivity contribution in [1.29, 1.82) is 0 Å². The Bertz CT molecular complexity index is 1040. The summed E-state index contributed by atoms with van der Waals surface area (Å²) in [6.45, 7) is 5.73. The molecule has 0 aliphatic rings. The number of anilines is 1. The highest BCUT2D eigenvalue weighted by Gasteiger charge is 2.17. The van der Waals surface area contributed by atoms with Gasteiger partial charge >= 0.3 is 0 Å². The molecule has 1 aromatic carbocycles. The lowest BCUT2D eigenvalue weighted by Crippen LogP contribution is -2.12. The first-order chi connectivity index (χ1) is 11.3. The third-order valence-electron chi connectivity index (χ3n) is 4.22. The maximum absolute atomic E-state index is 12.7. The van der Waals surface area contributed by atoms with Gasteiger partial charge in [0.2, 0.25) is 5.43 Å². The Labute approximate surface area is 141 Å². The van der Waals surface area contributed by atoms with E-state index in [1.807, 2.05) is 20.8 Å². The van der Waals surface area contributed by atoms with E-state index in [4.69, 9.17) is 5.73 Å². The van der Waals surface area contributed by atoms with Crippen LogP contribution in [0.25, 0.3) is 20.7 Å². The lowest BCUT2D eigenvalue weighted by Gasteiger charge is -2.11. The first kappa shape index (κ1) is 16.1. The van der Waals surface area contributed by atoms with Crippen molar-refractivity contribution in [2.75, 3.05) is 5.73 Å². The minimum atomic E-state index is -0.465. The van der Waals surface area contributed by atoms with Crippen LogP contribution in [0.5, 0.6) is 0 Å². The lowest BCUT2D eigenvalue weighted by molar-refractivity contribution is -0.384. The van der Waals surface area contributed by atoms with Gasteiger partial charge in [0.25, 0.3) is 5.69 Å². The van der Waals surface area contributed by atoms with Gasteiger partial charge in [-0.2, -0.15) is 0 Å². The van der Waals surface area contributed by atoms with Crippen molar-refractivity contribution in [3.63, 3.8) is 0 Å². The van der Waals surface area contributed by atoms with Gasteiger partial charge in [-0.1, -0.05) is 0 Å². The smallest absolute Gasteiger partial charge is 0.269 e. The highest BCUT2D eigenvalue weighted by molar-refractivity contribution is 7.21. The minimum Gasteiger partial charge on any atom is -0.394 e. The van der Waals surface area contributed by atoms with Crippen molar-refractivity contribution in [2.45, 2.75) is 20.8 Å². The average Bonchev–Trinajstić information content (AvgIpc) is 2.56. The average molecular weight is 341 g/mol. The van der Waals surface area contributed by atoms with Gasteiger partial charge < -0.3 is 5.73 Å². The maximum atomic E-state index is 12.7. The topological polar surface area (TPSA) is 99.1 Å². The zero-order chi connectivity index (χ0) is 17.6. The summed E-state index contributed by atoms with van der Waals surface area (Å²) in [7, 11) is 0. The SMILES string of the molecule is Cc1nc2sc(-c3ccc([N+](=O)[O-])cc3)c(N)c(=O)c2c(C)c1C. The zero-order valence-electron chi connectivity index (χ0n) is 13.4. The largest absolute Gasteiger partial charge is 0.394 e. The lowest BCUT2D eigenvalue weighted by atomic mass is 10.1. The van der Waals surface area contributed by atoms with Crippen LogP contribution in [0.4, 0.5) is 11.4 Å². The number of fused-ring (bicyclic) bond motifs is 1. The Morgan fingerprint density at radius 2 is 1.75 bits per heavy atom. The molecule has 0 spiro atoms. The van der Waals surface area contributed by atoms with E-state index in [0.29, 0.717) is 20.7 Å². The summed E-state index contributed by atoms with van der Waals surface area (Å²) in [5.41, 5.74) is 9.37. The van der Waals surface area contributed by atoms with Crippen molar-refractivity contribution in [3.8, 4) is 10.4 Å². The van der Waals surface area contributed by atoms with E-state index in [9.17, 15) is 14.9 Å². The quantitative estimate of drug-likeness (QED) is 0.565. The van der Waals surface area contributed by atoms with Crippen LogP contribution in [0.3, 0.4) is 0 Å². The van der Waals surface area contributed by atoms with Crippen molar-refractivity contribution in [3.05, 3.63) is 61.4 Å². The number of rotatable bonds is 2. The van der Waals surface area contributed by atoms with E-state index in [-0.39, 0.29) is 16.8 Å². The second kappa shape index (κ2) is 5.68. The molecule has 3 rings (SSSR count). The summed E-state index contributed by atoms with van der Waals surface area (Å²) in [6, 6.07) is 5.99. The van der Waals surface area contributed by atoms with Crippen LogP contribution in [-0.4, -0.2) is 9.91 Å². The van der Waals surface area contributed by atoms with E-state index in [1.165, 1.54) is 23.5 Å². The molecule has 3 aromatic rings. The summed E-state index contributed by atoms with van der Waals surface area (Å²) in [5.74, 6) is 0. The maximum Gasteiger partial charge on any atom is 0.269 e. The Kier molecular flexibility index (Phi) is 3.81. The molecule has 0 saturated carbocycles. The second-order valence-corrected chi connectivity index (χ2v) is 6.60. The molecule has 0 unspecified atom stereocenters. The molecule has 122 valence electrons. The Balaban J connectivity index is 2.30. The molecule has 2 aromatic heterocycles. The number of benzene rings is 1. The molecular formula is C17H15N3O3S. The third kappa shape index (κ3) is 2.43. The van der Waals surface area contributed by atoms with Crippen molar-refractivity contribution in [1.82, 2.24) is 4.98 Å². The van der Waals surface area contributed by atoms with Crippen LogP contribution in [-0.2, 0) is 0 Å². The number of nitrogens with zero attached hydrogens (tertiary/aromatic N) is 2. The molecule has 24 heavy (non-hydrogen) atoms. The second-order valence-electron chi connectivity index (χ2n) is 5.61. The fourth-order valence-corrected chi connectivity index (χ4v) is 3.77. The number of hydrogen-bond donors (Lipinski definition) is 1. The molecule has 2 heterocycles. The first-order valence-electron chi connectivity index (χ1n) is 7.26. The van der Waals surface area contributed by atoms with Crippen LogP contribution in [0.15, 0.2) is 29.1 Å². The number of aromatic nitrogens is 1. The molecule has 0 amide bonds. The number of nitrogens with two attached hydrogens (primary N) is 1. The van der Waals surface area contributed by atoms with E-state index in [0.717, 1.165) is 16.8 Å². The number of non-ortho nitro benzene ring substituents is 1. The van der Waals surface area contributed by atoms with Crippen LogP contribution < -0.4 is 11.2 Å². The molecule has 2 N–H and O–H groups in total. The molecule has 0 saturated heterocycles. The summed E-state index contributed by atoms with van der Waals surface area (Å²) in [4.78, 5) is 28.8. The van der Waals surface area contributed by atoms with Crippen LogP contribution >= 0.6 is 11.3 Å². The van der Waals surface area contributed by atoms with E-state index in [2.05, 4.69) is 4.98 Å². The molecule has 0 aliphatic carbocycles. The van der Waals surface area contributed by atoms with Gasteiger partial charge in [-0.25, -0.2) is 4.98 Å². The number of pyridine rings is 1. The van der Waals surface area contributed by atoms with Crippen LogP contribution in [0.2, 0.25) is 0 Å². The molecule has 6 nitrogen and oxygen atoms in total. The predicted molar refractivity (Wildman–Crippen MR) is 96.6 cm³/mol. The van der Waals surface area contributed by atoms with Crippen molar-refractivity contribution in [2.24, 2.45) is 0 Å². The fraction of sp³-hybridized carbons (Fsp3) is 0.176. The summed E-state index contributed by atoms with van der Waals surface area (Å²) >= 11 is 1.33. The van der Waals surface area contributed by atoms with Crippen LogP contribution in [0.1, 0.15) is 16.8 Å². The number of nitrogen functional groups attached to an aromatic ring is 1. The number of nitro benzene ring substituents is 1. The summed E-state index contributed by atoms with van der Waals surface area (Å²) in [6.07, 6.45) is 0. The predicted octanol–water partition coefficient (Wildman–Crippen LogP) is 3.74. The highest BCUT2D eigenvalue weighted by atomic mass is 32.1. The van der Waals surface area contributed by atoms with E-state index in [1.54, 1.807) is 12.1 Å². The number of aryl methyl sites for hydroxylation is 2. The molecule has 0 radical (unpaired) electrons. The third-order valence-corrected chi connectivity index (χ3v) is 5.37. The monoisotopic (exact) mass is 341 g/mol.